The van der Waals surface area contributed by atoms with Crippen molar-refractivity contribution in [2.45, 2.75) is 0 Å². The zero-order valence-electron chi connectivity index (χ0n) is 3.64. The molecule has 8 heavy (non-hydrogen) atoms. The summed E-state index contributed by atoms with van der Waals surface area (Å²) >= 11 is 0. The van der Waals surface area contributed by atoms with E-state index < -0.39 is 19.6 Å². The van der Waals surface area contributed by atoms with Crippen LogP contribution in [0.25, 0.3) is 0 Å². The predicted molar refractivity (Wildman–Crippen MR) is 23.6 cm³/mol. The molecule has 0 fully saturated rings. The summed E-state index contributed by atoms with van der Waals surface area (Å²) in [5, 5.41) is 17.4. The van der Waals surface area contributed by atoms with Gasteiger partial charge in [0.2, 0.25) is 0 Å². The maximum atomic E-state index is 9.34. The van der Waals surface area contributed by atoms with Crippen molar-refractivity contribution in [3.8, 4) is 0 Å². The zero-order valence-corrected chi connectivity index (χ0v) is 5.06. The lowest BCUT2D eigenvalue weighted by Crippen LogP contribution is -2.14. The molecule has 0 spiro atoms. The van der Waals surface area contributed by atoms with Crippen molar-refractivity contribution in [2.75, 3.05) is 0 Å². The van der Waals surface area contributed by atoms with Gasteiger partial charge < -0.3 is 0 Å². The first-order valence-corrected chi connectivity index (χ1v) is 2.73. The van der Waals surface area contributed by atoms with E-state index in [0.717, 1.165) is 0 Å². The van der Waals surface area contributed by atoms with E-state index in [1.807, 2.05) is 0 Å². The monoisotopic (exact) mass is 138 g/mol. The predicted octanol–water partition coefficient (Wildman–Crippen LogP) is -1.53. The fourth-order valence-electron chi connectivity index (χ4n) is 0.0943. The SMILES string of the molecule is O=[N+]([O-])O[SiH2][N+](=O)[O-]. The van der Waals surface area contributed by atoms with Crippen LogP contribution in [0.3, 0.4) is 0 Å². The first-order chi connectivity index (χ1) is 3.63. The Kier molecular flexibility index (Phi) is 2.47. The summed E-state index contributed by atoms with van der Waals surface area (Å²) in [5.74, 6) is 0. The molecule has 0 aromatic heterocycles. The van der Waals surface area contributed by atoms with Gasteiger partial charge in [-0.3, -0.25) is 14.6 Å². The van der Waals surface area contributed by atoms with Gasteiger partial charge in [-0.1, -0.05) is 0 Å². The topological polar surface area (TPSA) is 95.5 Å². The second-order valence-electron chi connectivity index (χ2n) is 0.815. The van der Waals surface area contributed by atoms with Crippen LogP contribution in [0.5, 0.6) is 0 Å². The Morgan fingerprint density at radius 2 is 1.88 bits per heavy atom. The fourth-order valence-corrected chi connectivity index (χ4v) is 0.283. The molecule has 8 heteroatoms. The van der Waals surface area contributed by atoms with Crippen molar-refractivity contribution < 1.29 is 14.2 Å². The summed E-state index contributed by atoms with van der Waals surface area (Å²) in [7, 11) is -2.18. The number of hydrogen-bond acceptors (Lipinski definition) is 5. The van der Waals surface area contributed by atoms with E-state index in [4.69, 9.17) is 0 Å². The van der Waals surface area contributed by atoms with Crippen molar-refractivity contribution in [1.29, 1.82) is 0 Å². The van der Waals surface area contributed by atoms with E-state index in [0.29, 0.717) is 0 Å². The lowest BCUT2D eigenvalue weighted by atomic mass is 13.1. The van der Waals surface area contributed by atoms with Gasteiger partial charge >= 0.3 is 9.92 Å². The van der Waals surface area contributed by atoms with Crippen LogP contribution < -0.4 is 0 Å². The molecule has 0 aliphatic heterocycles. The highest BCUT2D eigenvalue weighted by Gasteiger charge is 2.03. The molecule has 46 valence electrons. The summed E-state index contributed by atoms with van der Waals surface area (Å²) in [6, 6.07) is 0. The molecular formula is H2N2O5Si. The molecule has 7 nitrogen and oxygen atoms in total. The third-order valence-corrected chi connectivity index (χ3v) is 0.806. The van der Waals surface area contributed by atoms with Gasteiger partial charge in [0.1, 0.15) is 0 Å². The van der Waals surface area contributed by atoms with Crippen LogP contribution in [0.15, 0.2) is 0 Å². The number of rotatable bonds is 3. The average Bonchev–Trinajstić information content (AvgIpc) is 1.61. The van der Waals surface area contributed by atoms with Gasteiger partial charge in [-0.2, -0.15) is 0 Å². The highest BCUT2D eigenvalue weighted by Crippen LogP contribution is 1.69. The van der Waals surface area contributed by atoms with Gasteiger partial charge in [-0.15, -0.1) is 10.1 Å². The Balaban J connectivity index is 3.18. The van der Waals surface area contributed by atoms with Crippen molar-refractivity contribution in [2.24, 2.45) is 0 Å². The summed E-state index contributed by atoms with van der Waals surface area (Å²) in [4.78, 5) is 18.6. The van der Waals surface area contributed by atoms with Gasteiger partial charge in [-0.25, -0.2) is 0 Å². The molecule has 0 aromatic carbocycles. The lowest BCUT2D eigenvalue weighted by molar-refractivity contribution is -0.727. The summed E-state index contributed by atoms with van der Waals surface area (Å²) < 4.78 is 2.66. The Labute approximate surface area is 45.5 Å². The van der Waals surface area contributed by atoms with E-state index in [1.54, 1.807) is 0 Å². The van der Waals surface area contributed by atoms with E-state index in [9.17, 15) is 20.2 Å². The fraction of sp³-hybridized carbons (Fsp3) is 0. The number of hydrogen-bond donors (Lipinski definition) is 0. The smallest absolute Gasteiger partial charge is 0.288 e. The molecule has 0 radical (unpaired) electrons. The normalized spacial score (nSPS) is 9.50. The lowest BCUT2D eigenvalue weighted by Gasteiger charge is -1.85. The van der Waals surface area contributed by atoms with Gasteiger partial charge in [0, 0.05) is 0 Å². The third-order valence-electron chi connectivity index (χ3n) is 0.269. The Bertz CT molecular complexity index is 95.0. The molecular weight excluding hydrogens is 136 g/mol. The molecule has 0 aliphatic carbocycles. The Morgan fingerprint density at radius 3 is 2.00 bits per heavy atom. The van der Waals surface area contributed by atoms with Gasteiger partial charge in [0.05, 0.1) is 0 Å². The molecule has 0 N–H and O–H groups in total. The van der Waals surface area contributed by atoms with Crippen molar-refractivity contribution in [1.82, 2.24) is 0 Å². The maximum absolute atomic E-state index is 9.34. The van der Waals surface area contributed by atoms with Crippen LogP contribution in [0, 0.1) is 20.2 Å². The summed E-state index contributed by atoms with van der Waals surface area (Å²) in [6.45, 7) is 0. The Morgan fingerprint density at radius 1 is 1.38 bits per heavy atom. The van der Waals surface area contributed by atoms with Crippen LogP contribution in [-0.2, 0) is 4.53 Å². The van der Waals surface area contributed by atoms with Gasteiger partial charge in [0.15, 0.2) is 0 Å². The second kappa shape index (κ2) is 2.90. The van der Waals surface area contributed by atoms with E-state index in [1.165, 1.54) is 0 Å². The molecule has 0 atom stereocenters. The first kappa shape index (κ1) is 6.82. The Hall–Kier alpha value is -1.18. The van der Waals surface area contributed by atoms with Crippen LogP contribution in [0.1, 0.15) is 0 Å². The molecule has 0 aromatic rings. The van der Waals surface area contributed by atoms with E-state index >= 15 is 0 Å². The number of nitro groups is 1. The minimum absolute atomic E-state index is 0.803. The minimum Gasteiger partial charge on any atom is -0.288 e. The van der Waals surface area contributed by atoms with Crippen LogP contribution in [0.2, 0.25) is 0 Å². The summed E-state index contributed by atoms with van der Waals surface area (Å²) in [5.41, 5.74) is 0. The highest BCUT2D eigenvalue weighted by atomic mass is 28.2. The standard InChI is InChI=1S/H2N2O5Si/c3-1(4)7-8-2(5)6/h8H2. The zero-order chi connectivity index (χ0) is 6.57. The first-order valence-electron chi connectivity index (χ1n) is 1.52. The van der Waals surface area contributed by atoms with E-state index in [2.05, 4.69) is 4.53 Å². The van der Waals surface area contributed by atoms with Gasteiger partial charge in [-0.05, 0) is 4.59 Å². The molecule has 0 bridgehead atoms. The molecule has 0 heterocycles. The molecule has 0 saturated carbocycles. The van der Waals surface area contributed by atoms with Gasteiger partial charge in [0.25, 0.3) is 5.09 Å². The molecule has 0 unspecified atom stereocenters. The van der Waals surface area contributed by atoms with Crippen LogP contribution in [0.4, 0.5) is 0 Å². The van der Waals surface area contributed by atoms with Crippen molar-refractivity contribution in [3.05, 3.63) is 20.2 Å². The molecule has 0 saturated heterocycles. The minimum atomic E-state index is -2.18. The third kappa shape index (κ3) is 4.82. The summed E-state index contributed by atoms with van der Waals surface area (Å²) in [6.07, 6.45) is 0. The highest BCUT2D eigenvalue weighted by molar-refractivity contribution is 6.15. The maximum Gasteiger partial charge on any atom is 0.580 e. The second-order valence-corrected chi connectivity index (χ2v) is 1.85. The van der Waals surface area contributed by atoms with E-state index in [-0.39, 0.29) is 0 Å². The molecule has 0 aliphatic rings. The molecule has 0 rings (SSSR count). The van der Waals surface area contributed by atoms with Crippen LogP contribution >= 0.6 is 0 Å². The quantitative estimate of drug-likeness (QED) is 0.268. The van der Waals surface area contributed by atoms with Crippen molar-refractivity contribution >= 4 is 9.92 Å². The average molecular weight is 138 g/mol. The van der Waals surface area contributed by atoms with Crippen LogP contribution in [-0.4, -0.2) is 19.6 Å². The largest absolute Gasteiger partial charge is 0.580 e. The molecule has 0 amide bonds. The number of nitrogens with zero attached hydrogens (tertiary/aromatic N) is 2. The van der Waals surface area contributed by atoms with Crippen molar-refractivity contribution in [3.63, 3.8) is 0 Å².